The van der Waals surface area contributed by atoms with Crippen molar-refractivity contribution in [2.24, 2.45) is 11.3 Å². The van der Waals surface area contributed by atoms with Crippen LogP contribution in [0.3, 0.4) is 0 Å². The first-order valence-electron chi connectivity index (χ1n) is 9.71. The van der Waals surface area contributed by atoms with Gasteiger partial charge in [-0.15, -0.1) is 0 Å². The Morgan fingerprint density at radius 1 is 1.04 bits per heavy atom. The Balaban J connectivity index is 2.54. The number of halogens is 1. The van der Waals surface area contributed by atoms with Crippen LogP contribution in [0, 0.1) is 17.2 Å². The topological polar surface area (TPSA) is 9.23 Å². The molecule has 0 aliphatic rings. The quantitative estimate of drug-likeness (QED) is 0.491. The van der Waals surface area contributed by atoms with Gasteiger partial charge in [0.15, 0.2) is 0 Å². The van der Waals surface area contributed by atoms with E-state index in [9.17, 15) is 4.39 Å². The molecule has 26 heavy (non-hydrogen) atoms. The molecular weight excluding hydrogens is 323 g/mol. The zero-order valence-electron chi connectivity index (χ0n) is 17.2. The van der Waals surface area contributed by atoms with Crippen LogP contribution in [0.1, 0.15) is 58.6 Å². The molecule has 0 unspecified atom stereocenters. The first kappa shape index (κ1) is 20.5. The number of hydrogen-bond donors (Lipinski definition) is 0. The summed E-state index contributed by atoms with van der Waals surface area (Å²) in [5, 5.41) is 0. The standard InChI is InChI=1S/C24H33FO/c1-7-12-24(4,5)16-19-14-18(13-17(2)3)8-10-21(19)22-15-20(26-6)9-11-23(22)25/h8-11,14-15,17H,7,12-13,16H2,1-6H3. The molecule has 0 spiro atoms. The van der Waals surface area contributed by atoms with E-state index >= 15 is 0 Å². The van der Waals surface area contributed by atoms with E-state index < -0.39 is 0 Å². The lowest BCUT2D eigenvalue weighted by molar-refractivity contribution is 0.329. The highest BCUT2D eigenvalue weighted by molar-refractivity contribution is 5.70. The molecule has 0 saturated heterocycles. The normalized spacial score (nSPS) is 11.8. The molecule has 2 rings (SSSR count). The van der Waals surface area contributed by atoms with Crippen molar-refractivity contribution in [3.05, 3.63) is 53.3 Å². The molecule has 0 aliphatic carbocycles. The fourth-order valence-electron chi connectivity index (χ4n) is 3.77. The van der Waals surface area contributed by atoms with Gasteiger partial charge >= 0.3 is 0 Å². The molecule has 0 N–H and O–H groups in total. The third kappa shape index (κ3) is 5.33. The van der Waals surface area contributed by atoms with E-state index in [2.05, 4.69) is 52.8 Å². The summed E-state index contributed by atoms with van der Waals surface area (Å²) < 4.78 is 19.9. The molecule has 0 radical (unpaired) electrons. The van der Waals surface area contributed by atoms with Crippen LogP contribution < -0.4 is 4.74 Å². The highest BCUT2D eigenvalue weighted by atomic mass is 19.1. The van der Waals surface area contributed by atoms with Gasteiger partial charge in [-0.1, -0.05) is 59.2 Å². The van der Waals surface area contributed by atoms with Crippen molar-refractivity contribution >= 4 is 0 Å². The zero-order valence-corrected chi connectivity index (χ0v) is 17.2. The Morgan fingerprint density at radius 2 is 1.77 bits per heavy atom. The second kappa shape index (κ2) is 8.70. The van der Waals surface area contributed by atoms with Crippen molar-refractivity contribution in [2.75, 3.05) is 7.11 Å². The Hall–Kier alpha value is -1.83. The molecule has 0 saturated carbocycles. The SMILES string of the molecule is CCCC(C)(C)Cc1cc(CC(C)C)ccc1-c1cc(OC)ccc1F. The second-order valence-corrected chi connectivity index (χ2v) is 8.53. The molecule has 1 nitrogen and oxygen atoms in total. The Bertz CT molecular complexity index is 731. The molecule has 2 heteroatoms. The summed E-state index contributed by atoms with van der Waals surface area (Å²) in [4.78, 5) is 0. The maximum atomic E-state index is 14.6. The predicted octanol–water partition coefficient (Wildman–Crippen LogP) is 7.07. The number of hydrogen-bond acceptors (Lipinski definition) is 1. The highest BCUT2D eigenvalue weighted by Crippen LogP contribution is 2.36. The number of rotatable bonds is 8. The largest absolute Gasteiger partial charge is 0.497 e. The van der Waals surface area contributed by atoms with Gasteiger partial charge in [0.25, 0.3) is 0 Å². The van der Waals surface area contributed by atoms with E-state index in [0.717, 1.165) is 31.2 Å². The van der Waals surface area contributed by atoms with Crippen LogP contribution in [0.15, 0.2) is 36.4 Å². The minimum Gasteiger partial charge on any atom is -0.497 e. The summed E-state index contributed by atoms with van der Waals surface area (Å²) in [7, 11) is 1.62. The molecule has 0 aromatic heterocycles. The predicted molar refractivity (Wildman–Crippen MR) is 109 cm³/mol. The molecule has 2 aromatic rings. The van der Waals surface area contributed by atoms with Crippen LogP contribution in [0.25, 0.3) is 11.1 Å². The monoisotopic (exact) mass is 356 g/mol. The molecule has 2 aromatic carbocycles. The van der Waals surface area contributed by atoms with Gasteiger partial charge in [0, 0.05) is 5.56 Å². The van der Waals surface area contributed by atoms with Crippen molar-refractivity contribution in [2.45, 2.75) is 60.3 Å². The average Bonchev–Trinajstić information content (AvgIpc) is 2.55. The van der Waals surface area contributed by atoms with Gasteiger partial charge in [0.1, 0.15) is 11.6 Å². The summed E-state index contributed by atoms with van der Waals surface area (Å²) in [5.41, 5.74) is 4.36. The first-order chi connectivity index (χ1) is 12.3. The van der Waals surface area contributed by atoms with Crippen LogP contribution in [0.4, 0.5) is 4.39 Å². The van der Waals surface area contributed by atoms with E-state index in [4.69, 9.17) is 4.74 Å². The van der Waals surface area contributed by atoms with Crippen molar-refractivity contribution < 1.29 is 9.13 Å². The molecule has 0 atom stereocenters. The van der Waals surface area contributed by atoms with Crippen LogP contribution in [0.5, 0.6) is 5.75 Å². The maximum Gasteiger partial charge on any atom is 0.131 e. The van der Waals surface area contributed by atoms with Crippen LogP contribution in [-0.4, -0.2) is 7.11 Å². The lowest BCUT2D eigenvalue weighted by Gasteiger charge is -2.26. The number of benzene rings is 2. The summed E-state index contributed by atoms with van der Waals surface area (Å²) in [6.45, 7) is 11.3. The number of methoxy groups -OCH3 is 1. The minimum atomic E-state index is -0.197. The van der Waals surface area contributed by atoms with Gasteiger partial charge in [-0.2, -0.15) is 0 Å². The average molecular weight is 357 g/mol. The number of ether oxygens (including phenoxy) is 1. The van der Waals surface area contributed by atoms with Crippen molar-refractivity contribution in [3.63, 3.8) is 0 Å². The van der Waals surface area contributed by atoms with E-state index in [-0.39, 0.29) is 11.2 Å². The van der Waals surface area contributed by atoms with E-state index in [1.807, 2.05) is 6.07 Å². The Morgan fingerprint density at radius 3 is 2.38 bits per heavy atom. The smallest absolute Gasteiger partial charge is 0.131 e. The van der Waals surface area contributed by atoms with Crippen LogP contribution >= 0.6 is 0 Å². The van der Waals surface area contributed by atoms with Crippen molar-refractivity contribution in [1.82, 2.24) is 0 Å². The third-order valence-electron chi connectivity index (χ3n) is 4.87. The summed E-state index contributed by atoms with van der Waals surface area (Å²) in [5.74, 6) is 1.09. The van der Waals surface area contributed by atoms with E-state index in [0.29, 0.717) is 17.2 Å². The highest BCUT2D eigenvalue weighted by Gasteiger charge is 2.21. The van der Waals surface area contributed by atoms with Crippen molar-refractivity contribution in [3.8, 4) is 16.9 Å². The Kier molecular flexibility index (Phi) is 6.86. The van der Waals surface area contributed by atoms with Crippen LogP contribution in [-0.2, 0) is 12.8 Å². The van der Waals surface area contributed by atoms with Gasteiger partial charge in [-0.25, -0.2) is 4.39 Å². The molecule has 0 aliphatic heterocycles. The summed E-state index contributed by atoms with van der Waals surface area (Å²) in [6.07, 6.45) is 4.30. The van der Waals surface area contributed by atoms with Gasteiger partial charge in [-0.3, -0.25) is 0 Å². The molecule has 0 fully saturated rings. The molecular formula is C24H33FO. The zero-order chi connectivity index (χ0) is 19.3. The lowest BCUT2D eigenvalue weighted by Crippen LogP contribution is -2.15. The Labute approximate surface area is 158 Å². The second-order valence-electron chi connectivity index (χ2n) is 8.53. The maximum absolute atomic E-state index is 14.6. The van der Waals surface area contributed by atoms with Gasteiger partial charge < -0.3 is 4.74 Å². The molecule has 142 valence electrons. The lowest BCUT2D eigenvalue weighted by atomic mass is 9.79. The molecule has 0 amide bonds. The first-order valence-corrected chi connectivity index (χ1v) is 9.71. The van der Waals surface area contributed by atoms with Crippen LogP contribution in [0.2, 0.25) is 0 Å². The minimum absolute atomic E-state index is 0.190. The fraction of sp³-hybridized carbons (Fsp3) is 0.500. The molecule has 0 heterocycles. The third-order valence-corrected chi connectivity index (χ3v) is 4.87. The summed E-state index contributed by atoms with van der Waals surface area (Å²) >= 11 is 0. The molecule has 0 bridgehead atoms. The summed E-state index contributed by atoms with van der Waals surface area (Å²) in [6, 6.07) is 11.5. The van der Waals surface area contributed by atoms with Gasteiger partial charge in [0.2, 0.25) is 0 Å². The fourth-order valence-corrected chi connectivity index (χ4v) is 3.77. The van der Waals surface area contributed by atoms with Gasteiger partial charge in [-0.05, 0) is 65.5 Å². The van der Waals surface area contributed by atoms with E-state index in [1.165, 1.54) is 17.2 Å². The van der Waals surface area contributed by atoms with Crippen molar-refractivity contribution in [1.29, 1.82) is 0 Å². The van der Waals surface area contributed by atoms with Gasteiger partial charge in [0.05, 0.1) is 7.11 Å². The van der Waals surface area contributed by atoms with E-state index in [1.54, 1.807) is 13.2 Å².